The Bertz CT molecular complexity index is 207. The molecule has 2 heteroatoms. The van der Waals surface area contributed by atoms with Crippen molar-refractivity contribution in [3.8, 4) is 0 Å². The first kappa shape index (κ1) is 12.0. The van der Waals surface area contributed by atoms with E-state index in [0.717, 1.165) is 13.2 Å². The second kappa shape index (κ2) is 6.95. The lowest BCUT2D eigenvalue weighted by molar-refractivity contribution is 0.0118. The van der Waals surface area contributed by atoms with Gasteiger partial charge in [-0.25, -0.2) is 0 Å². The van der Waals surface area contributed by atoms with Crippen LogP contribution in [0.15, 0.2) is 11.8 Å². The summed E-state index contributed by atoms with van der Waals surface area (Å²) in [6, 6.07) is 0. The van der Waals surface area contributed by atoms with Crippen LogP contribution in [-0.2, 0) is 9.47 Å². The minimum absolute atomic E-state index is 0.336. The molecule has 1 heterocycles. The van der Waals surface area contributed by atoms with Crippen molar-refractivity contribution >= 4 is 0 Å². The number of allylic oxidation sites excluding steroid dienone is 1. The maximum Gasteiger partial charge on any atom is 0.113 e. The van der Waals surface area contributed by atoms with E-state index in [9.17, 15) is 0 Å². The summed E-state index contributed by atoms with van der Waals surface area (Å²) in [6.07, 6.45) is 13.9. The third kappa shape index (κ3) is 4.17. The highest BCUT2D eigenvalue weighted by Crippen LogP contribution is 2.22. The van der Waals surface area contributed by atoms with E-state index in [1.165, 1.54) is 63.4 Å². The molecule has 1 aliphatic heterocycles. The van der Waals surface area contributed by atoms with Crippen molar-refractivity contribution in [1.82, 2.24) is 0 Å². The van der Waals surface area contributed by atoms with Crippen molar-refractivity contribution in [1.29, 1.82) is 0 Å². The molecule has 1 saturated carbocycles. The first-order valence-electron chi connectivity index (χ1n) is 6.86. The van der Waals surface area contributed by atoms with Crippen LogP contribution in [0.3, 0.4) is 0 Å². The summed E-state index contributed by atoms with van der Waals surface area (Å²) in [5.41, 5.74) is 1.50. The van der Waals surface area contributed by atoms with Gasteiger partial charge in [-0.15, -0.1) is 0 Å². The van der Waals surface area contributed by atoms with Gasteiger partial charge in [-0.2, -0.15) is 0 Å². The van der Waals surface area contributed by atoms with Gasteiger partial charge in [0.2, 0.25) is 0 Å². The number of rotatable bonds is 3. The van der Waals surface area contributed by atoms with Crippen LogP contribution < -0.4 is 0 Å². The van der Waals surface area contributed by atoms with Crippen LogP contribution in [0.25, 0.3) is 0 Å². The molecular formula is C14H24O2. The van der Waals surface area contributed by atoms with Gasteiger partial charge < -0.3 is 9.47 Å². The van der Waals surface area contributed by atoms with Crippen molar-refractivity contribution < 1.29 is 9.47 Å². The fraction of sp³-hybridized carbons (Fsp3) is 0.857. The van der Waals surface area contributed by atoms with E-state index in [2.05, 4.69) is 0 Å². The molecular weight excluding hydrogens is 200 g/mol. The van der Waals surface area contributed by atoms with E-state index < -0.39 is 0 Å². The predicted octanol–water partition coefficient (Wildman–Crippen LogP) is 3.81. The third-order valence-corrected chi connectivity index (χ3v) is 3.55. The molecule has 0 N–H and O–H groups in total. The molecule has 1 unspecified atom stereocenters. The molecule has 2 nitrogen and oxygen atoms in total. The van der Waals surface area contributed by atoms with Crippen LogP contribution in [0.1, 0.15) is 57.8 Å². The van der Waals surface area contributed by atoms with Gasteiger partial charge in [0.1, 0.15) is 6.61 Å². The SMILES string of the molecule is C(OCC1CCCCCO1)=C1CCCCC1. The van der Waals surface area contributed by atoms with Crippen molar-refractivity contribution in [3.05, 3.63) is 11.8 Å². The largest absolute Gasteiger partial charge is 0.499 e. The van der Waals surface area contributed by atoms with E-state index in [1.807, 2.05) is 6.26 Å². The number of hydrogen-bond acceptors (Lipinski definition) is 2. The highest BCUT2D eigenvalue weighted by molar-refractivity contribution is 5.00. The molecule has 0 amide bonds. The topological polar surface area (TPSA) is 18.5 Å². The number of hydrogen-bond donors (Lipinski definition) is 0. The molecule has 92 valence electrons. The van der Waals surface area contributed by atoms with Gasteiger partial charge in [-0.05, 0) is 44.1 Å². The van der Waals surface area contributed by atoms with Crippen molar-refractivity contribution in [2.24, 2.45) is 0 Å². The zero-order chi connectivity index (χ0) is 11.1. The minimum Gasteiger partial charge on any atom is -0.499 e. The Labute approximate surface area is 99.0 Å². The summed E-state index contributed by atoms with van der Waals surface area (Å²) in [5.74, 6) is 0. The van der Waals surface area contributed by atoms with Gasteiger partial charge in [-0.3, -0.25) is 0 Å². The highest BCUT2D eigenvalue weighted by Gasteiger charge is 2.12. The Hall–Kier alpha value is -0.500. The van der Waals surface area contributed by atoms with E-state index in [4.69, 9.17) is 9.47 Å². The first-order chi connectivity index (χ1) is 7.95. The van der Waals surface area contributed by atoms with Crippen LogP contribution in [0, 0.1) is 0 Å². The Morgan fingerprint density at radius 3 is 2.75 bits per heavy atom. The summed E-state index contributed by atoms with van der Waals surface area (Å²) in [5, 5.41) is 0. The third-order valence-electron chi connectivity index (χ3n) is 3.55. The average Bonchev–Trinajstić information content (AvgIpc) is 2.59. The molecule has 2 aliphatic rings. The van der Waals surface area contributed by atoms with Crippen LogP contribution in [0.5, 0.6) is 0 Å². The molecule has 1 aliphatic carbocycles. The minimum atomic E-state index is 0.336. The molecule has 0 aromatic heterocycles. The Kier molecular flexibility index (Phi) is 5.20. The summed E-state index contributed by atoms with van der Waals surface area (Å²) < 4.78 is 11.4. The summed E-state index contributed by atoms with van der Waals surface area (Å²) in [7, 11) is 0. The monoisotopic (exact) mass is 224 g/mol. The lowest BCUT2D eigenvalue weighted by Gasteiger charge is -2.16. The molecule has 2 rings (SSSR count). The van der Waals surface area contributed by atoms with E-state index in [1.54, 1.807) is 0 Å². The molecule has 0 spiro atoms. The van der Waals surface area contributed by atoms with E-state index >= 15 is 0 Å². The Balaban J connectivity index is 1.65. The summed E-state index contributed by atoms with van der Waals surface area (Å²) in [4.78, 5) is 0. The zero-order valence-electron chi connectivity index (χ0n) is 10.2. The lowest BCUT2D eigenvalue weighted by atomic mass is 9.96. The summed E-state index contributed by atoms with van der Waals surface area (Å²) in [6.45, 7) is 1.67. The van der Waals surface area contributed by atoms with Gasteiger partial charge in [0.05, 0.1) is 12.4 Å². The molecule has 16 heavy (non-hydrogen) atoms. The molecule has 0 radical (unpaired) electrons. The summed E-state index contributed by atoms with van der Waals surface area (Å²) >= 11 is 0. The normalized spacial score (nSPS) is 27.2. The van der Waals surface area contributed by atoms with Gasteiger partial charge in [0.15, 0.2) is 0 Å². The quantitative estimate of drug-likeness (QED) is 0.679. The zero-order valence-corrected chi connectivity index (χ0v) is 10.2. The molecule has 1 atom stereocenters. The smallest absolute Gasteiger partial charge is 0.113 e. The second-order valence-electron chi connectivity index (χ2n) is 5.01. The van der Waals surface area contributed by atoms with Gasteiger partial charge in [0, 0.05) is 6.61 Å². The van der Waals surface area contributed by atoms with Crippen LogP contribution in [-0.4, -0.2) is 19.3 Å². The Morgan fingerprint density at radius 2 is 1.88 bits per heavy atom. The maximum absolute atomic E-state index is 5.74. The van der Waals surface area contributed by atoms with Crippen molar-refractivity contribution in [3.63, 3.8) is 0 Å². The van der Waals surface area contributed by atoms with Gasteiger partial charge in [0.25, 0.3) is 0 Å². The molecule has 0 aromatic rings. The average molecular weight is 224 g/mol. The van der Waals surface area contributed by atoms with Crippen LogP contribution in [0.4, 0.5) is 0 Å². The maximum atomic E-state index is 5.74. The second-order valence-corrected chi connectivity index (χ2v) is 5.01. The molecule has 0 bridgehead atoms. The van der Waals surface area contributed by atoms with Crippen LogP contribution in [0.2, 0.25) is 0 Å². The molecule has 0 aromatic carbocycles. The predicted molar refractivity (Wildman–Crippen MR) is 65.3 cm³/mol. The van der Waals surface area contributed by atoms with Crippen molar-refractivity contribution in [2.45, 2.75) is 63.9 Å². The lowest BCUT2D eigenvalue weighted by Crippen LogP contribution is -2.17. The molecule has 1 saturated heterocycles. The fourth-order valence-corrected chi connectivity index (χ4v) is 2.51. The Morgan fingerprint density at radius 1 is 1.06 bits per heavy atom. The van der Waals surface area contributed by atoms with E-state index in [0.29, 0.717) is 6.10 Å². The fourth-order valence-electron chi connectivity index (χ4n) is 2.51. The van der Waals surface area contributed by atoms with Crippen molar-refractivity contribution in [2.75, 3.05) is 13.2 Å². The molecule has 2 fully saturated rings. The van der Waals surface area contributed by atoms with Gasteiger partial charge in [-0.1, -0.05) is 19.3 Å². The highest BCUT2D eigenvalue weighted by atomic mass is 16.5. The van der Waals surface area contributed by atoms with E-state index in [-0.39, 0.29) is 0 Å². The number of ether oxygens (including phenoxy) is 2. The standard InChI is InChI=1S/C14H24O2/c1-3-7-13(8-4-1)11-15-12-14-9-5-2-6-10-16-14/h11,14H,1-10,12H2. The van der Waals surface area contributed by atoms with Gasteiger partial charge >= 0.3 is 0 Å². The van der Waals surface area contributed by atoms with Crippen LogP contribution >= 0.6 is 0 Å². The first-order valence-corrected chi connectivity index (χ1v) is 6.86.